The van der Waals surface area contributed by atoms with Gasteiger partial charge >= 0.3 is 0 Å². The molecule has 1 heterocycles. The summed E-state index contributed by atoms with van der Waals surface area (Å²) >= 11 is 0. The highest BCUT2D eigenvalue weighted by molar-refractivity contribution is 6.06. The van der Waals surface area contributed by atoms with Gasteiger partial charge in [-0.05, 0) is 93.4 Å². The molecule has 0 spiro atoms. The minimum absolute atomic E-state index is 0.0380. The minimum atomic E-state index is -0.0380. The number of hydrogen-bond donors (Lipinski definition) is 0. The molecule has 1 unspecified atom stereocenters. The second kappa shape index (κ2) is 10.7. The molecule has 2 nitrogen and oxygen atoms in total. The minimum Gasteiger partial charge on any atom is -0.456 e. The Hall–Kier alpha value is -5.60. The number of rotatable bonds is 5. The summed E-state index contributed by atoms with van der Waals surface area (Å²) in [7, 11) is 0. The monoisotopic (exact) mass is 605 g/mol. The molecule has 0 saturated carbocycles. The van der Waals surface area contributed by atoms with Gasteiger partial charge in [0.2, 0.25) is 0 Å². The van der Waals surface area contributed by atoms with E-state index in [1.807, 2.05) is 12.1 Å². The van der Waals surface area contributed by atoms with E-state index < -0.39 is 0 Å². The van der Waals surface area contributed by atoms with E-state index in [-0.39, 0.29) is 11.5 Å². The molecule has 0 fully saturated rings. The van der Waals surface area contributed by atoms with Crippen LogP contribution in [-0.4, -0.2) is 6.04 Å². The molecule has 0 radical (unpaired) electrons. The molecule has 7 aromatic rings. The van der Waals surface area contributed by atoms with Crippen LogP contribution < -0.4 is 4.90 Å². The van der Waals surface area contributed by atoms with Gasteiger partial charge in [0.15, 0.2) is 0 Å². The van der Waals surface area contributed by atoms with Gasteiger partial charge in [0.05, 0.1) is 6.04 Å². The van der Waals surface area contributed by atoms with Crippen LogP contribution in [0, 0.1) is 0 Å². The first-order valence-electron chi connectivity index (χ1n) is 16.5. The highest BCUT2D eigenvalue weighted by Crippen LogP contribution is 2.52. The van der Waals surface area contributed by atoms with Crippen molar-refractivity contribution in [2.75, 3.05) is 4.90 Å². The fourth-order valence-electron chi connectivity index (χ4n) is 7.89. The van der Waals surface area contributed by atoms with Gasteiger partial charge in [-0.15, -0.1) is 0 Å². The topological polar surface area (TPSA) is 16.4 Å². The summed E-state index contributed by atoms with van der Waals surface area (Å²) in [6.07, 6.45) is 5.69. The Morgan fingerprint density at radius 1 is 0.574 bits per heavy atom. The fourth-order valence-corrected chi connectivity index (χ4v) is 7.89. The van der Waals surface area contributed by atoms with Crippen LogP contribution in [0.15, 0.2) is 168 Å². The lowest BCUT2D eigenvalue weighted by molar-refractivity contribution is 0.647. The van der Waals surface area contributed by atoms with Crippen LogP contribution >= 0.6 is 0 Å². The number of nitrogens with zero attached hydrogens (tertiary/aromatic N) is 1. The first-order valence-corrected chi connectivity index (χ1v) is 16.5. The van der Waals surface area contributed by atoms with Gasteiger partial charge in [-0.25, -0.2) is 0 Å². The third-order valence-corrected chi connectivity index (χ3v) is 10.3. The lowest BCUT2D eigenvalue weighted by atomic mass is 9.79. The van der Waals surface area contributed by atoms with Crippen LogP contribution in [0.3, 0.4) is 0 Å². The molecular formula is C45H35NO. The molecule has 0 saturated heterocycles. The van der Waals surface area contributed by atoms with E-state index in [1.54, 1.807) is 0 Å². The molecular weight excluding hydrogens is 571 g/mol. The first kappa shape index (κ1) is 27.7. The van der Waals surface area contributed by atoms with E-state index in [1.165, 1.54) is 55.9 Å². The molecule has 0 bridgehead atoms. The lowest BCUT2D eigenvalue weighted by Gasteiger charge is -2.37. The molecule has 2 heteroatoms. The Kier molecular flexibility index (Phi) is 6.33. The van der Waals surface area contributed by atoms with Gasteiger partial charge in [-0.3, -0.25) is 0 Å². The van der Waals surface area contributed by atoms with Crippen molar-refractivity contribution in [1.82, 2.24) is 0 Å². The summed E-state index contributed by atoms with van der Waals surface area (Å²) in [5, 5.41) is 2.30. The summed E-state index contributed by atoms with van der Waals surface area (Å²) in [5.41, 5.74) is 14.7. The Labute approximate surface area is 275 Å². The third kappa shape index (κ3) is 4.47. The Morgan fingerprint density at radius 3 is 1.94 bits per heavy atom. The van der Waals surface area contributed by atoms with Gasteiger partial charge in [0.25, 0.3) is 0 Å². The maximum absolute atomic E-state index is 6.10. The highest BCUT2D eigenvalue weighted by Gasteiger charge is 2.42. The van der Waals surface area contributed by atoms with E-state index >= 15 is 0 Å². The molecule has 1 aromatic heterocycles. The van der Waals surface area contributed by atoms with Crippen molar-refractivity contribution in [2.45, 2.75) is 31.7 Å². The van der Waals surface area contributed by atoms with Gasteiger partial charge in [0.1, 0.15) is 11.2 Å². The van der Waals surface area contributed by atoms with Crippen molar-refractivity contribution in [3.8, 4) is 22.3 Å². The average molecular weight is 606 g/mol. The summed E-state index contributed by atoms with van der Waals surface area (Å²) < 4.78 is 6.10. The van der Waals surface area contributed by atoms with E-state index in [0.717, 1.165) is 28.4 Å². The smallest absolute Gasteiger partial charge is 0.135 e. The molecule has 6 aromatic carbocycles. The number of allylic oxidation sites excluding steroid dienone is 2. The fraction of sp³-hybridized carbons (Fsp3) is 0.111. The molecule has 47 heavy (non-hydrogen) atoms. The summed E-state index contributed by atoms with van der Waals surface area (Å²) in [5.74, 6) is 0. The van der Waals surface area contributed by atoms with Crippen molar-refractivity contribution >= 4 is 38.9 Å². The number of anilines is 2. The van der Waals surface area contributed by atoms with Crippen molar-refractivity contribution < 1.29 is 4.42 Å². The number of benzene rings is 6. The van der Waals surface area contributed by atoms with Crippen molar-refractivity contribution in [2.24, 2.45) is 0 Å². The Balaban J connectivity index is 1.15. The van der Waals surface area contributed by atoms with E-state index in [2.05, 4.69) is 164 Å². The molecule has 9 rings (SSSR count). The maximum atomic E-state index is 6.10. The third-order valence-electron chi connectivity index (χ3n) is 10.3. The molecule has 1 atom stereocenters. The summed E-state index contributed by atoms with van der Waals surface area (Å²) in [4.78, 5) is 2.56. The predicted octanol–water partition coefficient (Wildman–Crippen LogP) is 12.1. The normalized spacial score (nSPS) is 16.4. The van der Waals surface area contributed by atoms with Crippen LogP contribution in [0.1, 0.15) is 31.4 Å². The van der Waals surface area contributed by atoms with Gasteiger partial charge in [-0.1, -0.05) is 129 Å². The number of furan rings is 1. The number of fused-ring (bicyclic) bond motifs is 5. The second-order valence-electron chi connectivity index (χ2n) is 13.3. The SMILES string of the molecule is CC1(C)C2=C(c3ccccc31)C(N(c1ccc(-c3ccccc3)cc1)c1ccc(-c3ccc4oc5ccccc5c4c3)cc1)CC=C2. The van der Waals surface area contributed by atoms with Crippen molar-refractivity contribution in [3.05, 3.63) is 174 Å². The Morgan fingerprint density at radius 2 is 1.17 bits per heavy atom. The van der Waals surface area contributed by atoms with Crippen LogP contribution in [0.5, 0.6) is 0 Å². The predicted molar refractivity (Wildman–Crippen MR) is 197 cm³/mol. The molecule has 0 N–H and O–H groups in total. The first-order chi connectivity index (χ1) is 23.1. The van der Waals surface area contributed by atoms with E-state index in [0.29, 0.717) is 0 Å². The largest absolute Gasteiger partial charge is 0.456 e. The number of hydrogen-bond acceptors (Lipinski definition) is 2. The van der Waals surface area contributed by atoms with Crippen LogP contribution in [-0.2, 0) is 5.41 Å². The molecule has 2 aliphatic carbocycles. The average Bonchev–Trinajstić information content (AvgIpc) is 3.61. The number of para-hydroxylation sites is 1. The van der Waals surface area contributed by atoms with Crippen LogP contribution in [0.2, 0.25) is 0 Å². The van der Waals surface area contributed by atoms with Crippen LogP contribution in [0.4, 0.5) is 11.4 Å². The molecule has 0 aliphatic heterocycles. The summed E-state index contributed by atoms with van der Waals surface area (Å²) in [6, 6.07) is 52.8. The van der Waals surface area contributed by atoms with E-state index in [9.17, 15) is 0 Å². The molecule has 0 amide bonds. The van der Waals surface area contributed by atoms with Gasteiger partial charge in [0, 0.05) is 27.6 Å². The van der Waals surface area contributed by atoms with Gasteiger partial charge < -0.3 is 9.32 Å². The van der Waals surface area contributed by atoms with Crippen molar-refractivity contribution in [1.29, 1.82) is 0 Å². The second-order valence-corrected chi connectivity index (χ2v) is 13.3. The summed E-state index contributed by atoms with van der Waals surface area (Å²) in [6.45, 7) is 4.74. The standard InChI is InChI=1S/C45H35NO/c1-45(2)39-15-8-6-14-37(39)44-40(45)16-10-17-41(44)46(34-24-19-31(20-25-34)30-11-4-3-5-12-30)35-26-21-32(22-27-35)33-23-28-43-38(29-33)36-13-7-9-18-42(36)47-43/h3-16,18-29,41H,17H2,1-2H3. The van der Waals surface area contributed by atoms with E-state index in [4.69, 9.17) is 4.42 Å². The maximum Gasteiger partial charge on any atom is 0.135 e. The zero-order valence-electron chi connectivity index (χ0n) is 26.7. The zero-order chi connectivity index (χ0) is 31.5. The van der Waals surface area contributed by atoms with Gasteiger partial charge in [-0.2, -0.15) is 0 Å². The quantitative estimate of drug-likeness (QED) is 0.194. The van der Waals surface area contributed by atoms with Crippen LogP contribution in [0.25, 0.3) is 49.8 Å². The Bertz CT molecular complexity index is 2340. The molecule has 2 aliphatic rings. The van der Waals surface area contributed by atoms with Crippen molar-refractivity contribution in [3.63, 3.8) is 0 Å². The lowest BCUT2D eigenvalue weighted by Crippen LogP contribution is -2.33. The zero-order valence-corrected chi connectivity index (χ0v) is 26.7. The molecule has 226 valence electrons. The highest BCUT2D eigenvalue weighted by atomic mass is 16.3.